The van der Waals surface area contributed by atoms with Crippen LogP contribution in [0, 0.1) is 6.92 Å². The molecular formula is C14H13BrN4. The van der Waals surface area contributed by atoms with Crippen molar-refractivity contribution in [2.75, 3.05) is 5.32 Å². The van der Waals surface area contributed by atoms with Gasteiger partial charge in [-0.1, -0.05) is 27.2 Å². The Labute approximate surface area is 119 Å². The summed E-state index contributed by atoms with van der Waals surface area (Å²) in [7, 11) is 0. The molecule has 0 fully saturated rings. The number of fused-ring (bicyclic) bond motifs is 1. The topological polar surface area (TPSA) is 42.7 Å². The van der Waals surface area contributed by atoms with Crippen LogP contribution < -0.4 is 5.32 Å². The molecule has 2 aromatic carbocycles. The van der Waals surface area contributed by atoms with Crippen molar-refractivity contribution in [2.45, 2.75) is 13.6 Å². The van der Waals surface area contributed by atoms with Gasteiger partial charge in [0.1, 0.15) is 12.2 Å². The summed E-state index contributed by atoms with van der Waals surface area (Å²) in [5.41, 5.74) is 4.21. The number of nitrogens with one attached hydrogen (secondary N) is 1. The summed E-state index contributed by atoms with van der Waals surface area (Å²) in [4.78, 5) is 0. The van der Waals surface area contributed by atoms with E-state index in [0.717, 1.165) is 21.2 Å². The van der Waals surface area contributed by atoms with E-state index in [1.54, 1.807) is 0 Å². The highest BCUT2D eigenvalue weighted by Gasteiger charge is 2.03. The van der Waals surface area contributed by atoms with E-state index in [1.165, 1.54) is 5.56 Å². The molecule has 0 unspecified atom stereocenters. The summed E-state index contributed by atoms with van der Waals surface area (Å²) < 4.78 is 2.93. The van der Waals surface area contributed by atoms with Crippen molar-refractivity contribution >= 4 is 32.7 Å². The molecular weight excluding hydrogens is 304 g/mol. The molecule has 96 valence electrons. The third-order valence-corrected chi connectivity index (χ3v) is 3.48. The molecule has 0 amide bonds. The first kappa shape index (κ1) is 12.2. The Morgan fingerprint density at radius 3 is 2.74 bits per heavy atom. The highest BCUT2D eigenvalue weighted by atomic mass is 79.9. The van der Waals surface area contributed by atoms with E-state index >= 15 is 0 Å². The van der Waals surface area contributed by atoms with Gasteiger partial charge in [-0.15, -0.1) is 5.10 Å². The van der Waals surface area contributed by atoms with Crippen molar-refractivity contribution in [1.29, 1.82) is 0 Å². The van der Waals surface area contributed by atoms with Crippen LogP contribution >= 0.6 is 15.9 Å². The molecule has 0 saturated carbocycles. The van der Waals surface area contributed by atoms with Crippen LogP contribution in [0.4, 0.5) is 5.69 Å². The Morgan fingerprint density at radius 1 is 1.16 bits per heavy atom. The van der Waals surface area contributed by atoms with E-state index < -0.39 is 0 Å². The molecule has 1 heterocycles. The summed E-state index contributed by atoms with van der Waals surface area (Å²) in [5, 5.41) is 11.7. The molecule has 0 bridgehead atoms. The number of rotatable bonds is 3. The molecule has 0 atom stereocenters. The second-order valence-electron chi connectivity index (χ2n) is 4.42. The normalized spacial score (nSPS) is 10.8. The summed E-state index contributed by atoms with van der Waals surface area (Å²) in [5.74, 6) is 0. The summed E-state index contributed by atoms with van der Waals surface area (Å²) in [6, 6.07) is 14.2. The number of aryl methyl sites for hydroxylation is 1. The minimum absolute atomic E-state index is 0.598. The Kier molecular flexibility index (Phi) is 3.21. The van der Waals surface area contributed by atoms with Gasteiger partial charge in [-0.2, -0.15) is 0 Å². The molecule has 3 aromatic rings. The van der Waals surface area contributed by atoms with Crippen LogP contribution in [0.25, 0.3) is 11.0 Å². The lowest BCUT2D eigenvalue weighted by molar-refractivity contribution is 0.655. The summed E-state index contributed by atoms with van der Waals surface area (Å²) >= 11 is 3.42. The Hall–Kier alpha value is -1.88. The van der Waals surface area contributed by atoms with Gasteiger partial charge in [-0.25, -0.2) is 4.68 Å². The largest absolute Gasteiger partial charge is 0.366 e. The smallest absolute Gasteiger partial charge is 0.113 e. The minimum atomic E-state index is 0.598. The van der Waals surface area contributed by atoms with Gasteiger partial charge in [0.2, 0.25) is 0 Å². The monoisotopic (exact) mass is 316 g/mol. The van der Waals surface area contributed by atoms with Crippen molar-refractivity contribution in [3.63, 3.8) is 0 Å². The molecule has 1 N–H and O–H groups in total. The lowest BCUT2D eigenvalue weighted by Gasteiger charge is -2.07. The van der Waals surface area contributed by atoms with Gasteiger partial charge in [0.15, 0.2) is 0 Å². The fourth-order valence-electron chi connectivity index (χ4n) is 1.93. The Morgan fingerprint density at radius 2 is 1.95 bits per heavy atom. The third-order valence-electron chi connectivity index (χ3n) is 2.95. The maximum Gasteiger partial charge on any atom is 0.113 e. The lowest BCUT2D eigenvalue weighted by Crippen LogP contribution is -2.09. The number of anilines is 1. The molecule has 0 aliphatic rings. The highest BCUT2D eigenvalue weighted by molar-refractivity contribution is 9.10. The standard InChI is InChI=1S/C14H13BrN4/c1-10-2-7-14-13(8-10)17-18-19(14)9-16-12-5-3-11(15)4-6-12/h2-8,16H,9H2,1H3. The molecule has 19 heavy (non-hydrogen) atoms. The minimum Gasteiger partial charge on any atom is -0.366 e. The summed E-state index contributed by atoms with van der Waals surface area (Å²) in [6.45, 7) is 2.65. The molecule has 0 spiro atoms. The van der Waals surface area contributed by atoms with E-state index in [2.05, 4.69) is 44.5 Å². The second-order valence-corrected chi connectivity index (χ2v) is 5.34. The molecule has 1 aromatic heterocycles. The summed E-state index contributed by atoms with van der Waals surface area (Å²) in [6.07, 6.45) is 0. The molecule has 0 aliphatic heterocycles. The average molecular weight is 317 g/mol. The molecule has 0 radical (unpaired) electrons. The average Bonchev–Trinajstić information content (AvgIpc) is 2.80. The van der Waals surface area contributed by atoms with Crippen molar-refractivity contribution < 1.29 is 0 Å². The Bertz CT molecular complexity index is 703. The fraction of sp³-hybridized carbons (Fsp3) is 0.143. The molecule has 0 saturated heterocycles. The van der Waals surface area contributed by atoms with Crippen molar-refractivity contribution in [1.82, 2.24) is 15.0 Å². The van der Waals surface area contributed by atoms with Gasteiger partial charge in [0.25, 0.3) is 0 Å². The Balaban J connectivity index is 1.80. The number of benzene rings is 2. The van der Waals surface area contributed by atoms with Crippen molar-refractivity contribution in [2.24, 2.45) is 0 Å². The molecule has 0 aliphatic carbocycles. The zero-order valence-electron chi connectivity index (χ0n) is 10.5. The van der Waals surface area contributed by atoms with E-state index in [-0.39, 0.29) is 0 Å². The molecule has 4 nitrogen and oxygen atoms in total. The first-order valence-electron chi connectivity index (χ1n) is 6.02. The maximum absolute atomic E-state index is 4.17. The van der Waals surface area contributed by atoms with Crippen molar-refractivity contribution in [3.05, 3.63) is 52.5 Å². The van der Waals surface area contributed by atoms with E-state index in [0.29, 0.717) is 6.67 Å². The van der Waals surface area contributed by atoms with Crippen LogP contribution in [0.5, 0.6) is 0 Å². The van der Waals surface area contributed by atoms with Crippen LogP contribution in [0.3, 0.4) is 0 Å². The number of hydrogen-bond acceptors (Lipinski definition) is 3. The first-order valence-corrected chi connectivity index (χ1v) is 6.81. The second kappa shape index (κ2) is 5.01. The molecule has 5 heteroatoms. The first-order chi connectivity index (χ1) is 9.22. The van der Waals surface area contributed by atoms with E-state index in [9.17, 15) is 0 Å². The van der Waals surface area contributed by atoms with Crippen molar-refractivity contribution in [3.8, 4) is 0 Å². The number of aromatic nitrogens is 3. The lowest BCUT2D eigenvalue weighted by atomic mass is 10.2. The number of hydrogen-bond donors (Lipinski definition) is 1. The fourth-order valence-corrected chi connectivity index (χ4v) is 2.20. The third kappa shape index (κ3) is 2.61. The van der Waals surface area contributed by atoms with Gasteiger partial charge >= 0.3 is 0 Å². The quantitative estimate of drug-likeness (QED) is 0.803. The zero-order valence-corrected chi connectivity index (χ0v) is 12.1. The predicted octanol–water partition coefficient (Wildman–Crippen LogP) is 3.57. The van der Waals surface area contributed by atoms with Gasteiger partial charge in [0, 0.05) is 10.2 Å². The van der Waals surface area contributed by atoms with Gasteiger partial charge < -0.3 is 5.32 Å². The van der Waals surface area contributed by atoms with Crippen LogP contribution in [-0.2, 0) is 6.67 Å². The predicted molar refractivity (Wildman–Crippen MR) is 80.0 cm³/mol. The van der Waals surface area contributed by atoms with E-state index in [4.69, 9.17) is 0 Å². The van der Waals surface area contributed by atoms with Gasteiger partial charge in [-0.05, 0) is 48.9 Å². The number of nitrogens with zero attached hydrogens (tertiary/aromatic N) is 3. The van der Waals surface area contributed by atoms with Gasteiger partial charge in [-0.3, -0.25) is 0 Å². The SMILES string of the molecule is Cc1ccc2c(c1)nnn2CNc1ccc(Br)cc1. The van der Waals surface area contributed by atoms with Crippen LogP contribution in [0.2, 0.25) is 0 Å². The van der Waals surface area contributed by atoms with E-state index in [1.807, 2.05) is 41.1 Å². The highest BCUT2D eigenvalue weighted by Crippen LogP contribution is 2.16. The van der Waals surface area contributed by atoms with Crippen LogP contribution in [-0.4, -0.2) is 15.0 Å². The number of halogens is 1. The van der Waals surface area contributed by atoms with Gasteiger partial charge in [0.05, 0.1) is 5.52 Å². The van der Waals surface area contributed by atoms with Crippen LogP contribution in [0.1, 0.15) is 5.56 Å². The zero-order chi connectivity index (χ0) is 13.2. The maximum atomic E-state index is 4.17. The molecule has 3 rings (SSSR count). The van der Waals surface area contributed by atoms with Crippen LogP contribution in [0.15, 0.2) is 46.9 Å².